The second kappa shape index (κ2) is 5.57. The lowest BCUT2D eigenvalue weighted by atomic mass is 10.3. The Bertz CT molecular complexity index is 688. The van der Waals surface area contributed by atoms with Crippen LogP contribution in [0, 0.1) is 6.92 Å². The van der Waals surface area contributed by atoms with Gasteiger partial charge in [-0.2, -0.15) is 5.10 Å². The Morgan fingerprint density at radius 3 is 2.75 bits per heavy atom. The van der Waals surface area contributed by atoms with Crippen LogP contribution in [0.15, 0.2) is 61.1 Å². The maximum absolute atomic E-state index is 4.38. The summed E-state index contributed by atoms with van der Waals surface area (Å²) >= 11 is 0. The Morgan fingerprint density at radius 1 is 1.10 bits per heavy atom. The number of hydrogen-bond donors (Lipinski definition) is 1. The van der Waals surface area contributed by atoms with Gasteiger partial charge in [-0.05, 0) is 31.2 Å². The molecule has 0 aliphatic carbocycles. The maximum atomic E-state index is 4.38. The van der Waals surface area contributed by atoms with Crippen LogP contribution in [0.4, 0.5) is 5.69 Å². The quantitative estimate of drug-likeness (QED) is 0.787. The van der Waals surface area contributed by atoms with E-state index in [2.05, 4.69) is 15.4 Å². The molecule has 1 N–H and O–H groups in total. The van der Waals surface area contributed by atoms with Crippen LogP contribution >= 0.6 is 0 Å². The Labute approximate surface area is 118 Å². The van der Waals surface area contributed by atoms with E-state index in [4.69, 9.17) is 0 Å². The van der Waals surface area contributed by atoms with E-state index in [1.807, 2.05) is 66.5 Å². The van der Waals surface area contributed by atoms with Gasteiger partial charge in [0.2, 0.25) is 0 Å². The van der Waals surface area contributed by atoms with Crippen molar-refractivity contribution in [3.63, 3.8) is 0 Å². The fourth-order valence-corrected chi connectivity index (χ4v) is 2.04. The van der Waals surface area contributed by atoms with Gasteiger partial charge in [0.05, 0.1) is 23.3 Å². The third-order valence-electron chi connectivity index (χ3n) is 3.15. The number of pyridine rings is 1. The minimum Gasteiger partial charge on any atom is -0.379 e. The normalized spacial score (nSPS) is 10.4. The zero-order chi connectivity index (χ0) is 13.8. The summed E-state index contributed by atoms with van der Waals surface area (Å²) in [4.78, 5) is 4.26. The van der Waals surface area contributed by atoms with Crippen molar-refractivity contribution >= 4 is 5.69 Å². The van der Waals surface area contributed by atoms with Crippen molar-refractivity contribution < 1.29 is 0 Å². The van der Waals surface area contributed by atoms with Gasteiger partial charge in [0.25, 0.3) is 0 Å². The van der Waals surface area contributed by atoms with E-state index in [-0.39, 0.29) is 0 Å². The smallest absolute Gasteiger partial charge is 0.0645 e. The number of anilines is 1. The first kappa shape index (κ1) is 12.4. The van der Waals surface area contributed by atoms with Gasteiger partial charge in [0.1, 0.15) is 0 Å². The lowest BCUT2D eigenvalue weighted by Crippen LogP contribution is -2.01. The molecule has 4 nitrogen and oxygen atoms in total. The molecule has 2 heterocycles. The van der Waals surface area contributed by atoms with Gasteiger partial charge in [0, 0.05) is 24.5 Å². The van der Waals surface area contributed by atoms with E-state index < -0.39 is 0 Å². The molecular weight excluding hydrogens is 248 g/mol. The van der Waals surface area contributed by atoms with E-state index in [0.717, 1.165) is 29.2 Å². The van der Waals surface area contributed by atoms with Crippen LogP contribution in [0.1, 0.15) is 11.3 Å². The molecule has 0 atom stereocenters. The lowest BCUT2D eigenvalue weighted by molar-refractivity contribution is 0.880. The number of hydrogen-bond acceptors (Lipinski definition) is 3. The van der Waals surface area contributed by atoms with Gasteiger partial charge in [-0.15, -0.1) is 0 Å². The molecule has 0 bridgehead atoms. The first-order valence-corrected chi connectivity index (χ1v) is 6.57. The molecule has 0 fully saturated rings. The fourth-order valence-electron chi connectivity index (χ4n) is 2.04. The van der Waals surface area contributed by atoms with Gasteiger partial charge in [-0.25, -0.2) is 4.68 Å². The molecule has 0 radical (unpaired) electrons. The molecule has 20 heavy (non-hydrogen) atoms. The highest BCUT2D eigenvalue weighted by Gasteiger charge is 2.02. The molecule has 0 aliphatic heterocycles. The van der Waals surface area contributed by atoms with E-state index in [1.165, 1.54) is 0 Å². The largest absolute Gasteiger partial charge is 0.379 e. The second-order valence-corrected chi connectivity index (χ2v) is 4.62. The van der Waals surface area contributed by atoms with E-state index in [1.54, 1.807) is 6.20 Å². The number of nitrogens with one attached hydrogen (secondary N) is 1. The second-order valence-electron chi connectivity index (χ2n) is 4.62. The molecule has 0 saturated heterocycles. The fraction of sp³-hybridized carbons (Fsp3) is 0.125. The minimum atomic E-state index is 0.735. The van der Waals surface area contributed by atoms with Gasteiger partial charge in [0.15, 0.2) is 0 Å². The summed E-state index contributed by atoms with van der Waals surface area (Å²) in [6, 6.07) is 14.1. The van der Waals surface area contributed by atoms with Crippen molar-refractivity contribution in [1.82, 2.24) is 14.8 Å². The Hall–Kier alpha value is -2.62. The predicted molar refractivity (Wildman–Crippen MR) is 79.9 cm³/mol. The average molecular weight is 264 g/mol. The lowest BCUT2D eigenvalue weighted by Gasteiger charge is -2.06. The van der Waals surface area contributed by atoms with E-state index in [9.17, 15) is 0 Å². The molecule has 3 rings (SSSR count). The molecule has 0 spiro atoms. The molecular formula is C16H16N4. The highest BCUT2D eigenvalue weighted by atomic mass is 15.3. The molecule has 1 aromatic carbocycles. The Balaban J connectivity index is 1.71. The summed E-state index contributed by atoms with van der Waals surface area (Å²) < 4.78 is 1.88. The zero-order valence-corrected chi connectivity index (χ0v) is 11.3. The third-order valence-corrected chi connectivity index (χ3v) is 3.15. The Kier molecular flexibility index (Phi) is 3.46. The summed E-state index contributed by atoms with van der Waals surface area (Å²) in [6.07, 6.45) is 5.72. The molecule has 0 amide bonds. The molecule has 0 saturated carbocycles. The third kappa shape index (κ3) is 2.69. The van der Waals surface area contributed by atoms with Crippen LogP contribution in [0.25, 0.3) is 5.69 Å². The Morgan fingerprint density at radius 2 is 1.95 bits per heavy atom. The van der Waals surface area contributed by atoms with Crippen LogP contribution in [0.5, 0.6) is 0 Å². The molecule has 100 valence electrons. The van der Waals surface area contributed by atoms with Gasteiger partial charge >= 0.3 is 0 Å². The molecule has 0 unspecified atom stereocenters. The number of aromatic nitrogens is 3. The van der Waals surface area contributed by atoms with E-state index >= 15 is 0 Å². The molecule has 3 aromatic rings. The van der Waals surface area contributed by atoms with Crippen molar-refractivity contribution in [2.45, 2.75) is 13.5 Å². The van der Waals surface area contributed by atoms with Crippen LogP contribution in [0.3, 0.4) is 0 Å². The van der Waals surface area contributed by atoms with Crippen molar-refractivity contribution in [2.24, 2.45) is 0 Å². The summed E-state index contributed by atoms with van der Waals surface area (Å²) in [5, 5.41) is 7.76. The monoisotopic (exact) mass is 264 g/mol. The van der Waals surface area contributed by atoms with Crippen molar-refractivity contribution in [3.05, 3.63) is 72.3 Å². The maximum Gasteiger partial charge on any atom is 0.0645 e. The summed E-state index contributed by atoms with van der Waals surface area (Å²) in [5.74, 6) is 0. The zero-order valence-electron chi connectivity index (χ0n) is 11.3. The van der Waals surface area contributed by atoms with Crippen LogP contribution in [0.2, 0.25) is 0 Å². The molecule has 2 aromatic heterocycles. The number of aryl methyl sites for hydroxylation is 1. The summed E-state index contributed by atoms with van der Waals surface area (Å²) in [5.41, 5.74) is 4.26. The SMILES string of the molecule is Cc1ncccc1NCc1cnn(-c2ccccc2)c1. The van der Waals surface area contributed by atoms with Crippen molar-refractivity contribution in [1.29, 1.82) is 0 Å². The average Bonchev–Trinajstić information content (AvgIpc) is 2.96. The van der Waals surface area contributed by atoms with Gasteiger partial charge in [-0.3, -0.25) is 4.98 Å². The van der Waals surface area contributed by atoms with Crippen molar-refractivity contribution in [2.75, 3.05) is 5.32 Å². The van der Waals surface area contributed by atoms with Crippen LogP contribution < -0.4 is 5.32 Å². The minimum absolute atomic E-state index is 0.735. The first-order valence-electron chi connectivity index (χ1n) is 6.57. The number of nitrogens with zero attached hydrogens (tertiary/aromatic N) is 3. The van der Waals surface area contributed by atoms with Crippen LogP contribution in [-0.2, 0) is 6.54 Å². The van der Waals surface area contributed by atoms with Crippen molar-refractivity contribution in [3.8, 4) is 5.69 Å². The summed E-state index contributed by atoms with van der Waals surface area (Å²) in [6.45, 7) is 2.73. The predicted octanol–water partition coefficient (Wildman–Crippen LogP) is 3.19. The van der Waals surface area contributed by atoms with Gasteiger partial charge < -0.3 is 5.32 Å². The summed E-state index contributed by atoms with van der Waals surface area (Å²) in [7, 11) is 0. The molecule has 4 heteroatoms. The number of rotatable bonds is 4. The standard InChI is InChI=1S/C16H16N4/c1-13-16(8-5-9-17-13)18-10-14-11-19-20(12-14)15-6-3-2-4-7-15/h2-9,11-12,18H,10H2,1H3. The number of benzene rings is 1. The number of para-hydroxylation sites is 1. The van der Waals surface area contributed by atoms with E-state index in [0.29, 0.717) is 0 Å². The first-order chi connectivity index (χ1) is 9.83. The topological polar surface area (TPSA) is 42.7 Å². The molecule has 0 aliphatic rings. The van der Waals surface area contributed by atoms with Gasteiger partial charge in [-0.1, -0.05) is 18.2 Å². The highest BCUT2D eigenvalue weighted by molar-refractivity contribution is 5.47. The van der Waals surface area contributed by atoms with Crippen LogP contribution in [-0.4, -0.2) is 14.8 Å². The highest BCUT2D eigenvalue weighted by Crippen LogP contribution is 2.13.